The molecular formula is C23H19FN4O. The minimum Gasteiger partial charge on any atom is -0.345 e. The fourth-order valence-electron chi connectivity index (χ4n) is 3.15. The lowest BCUT2D eigenvalue weighted by Gasteiger charge is -2.15. The third kappa shape index (κ3) is 3.91. The summed E-state index contributed by atoms with van der Waals surface area (Å²) in [5.41, 5.74) is 2.90. The van der Waals surface area contributed by atoms with Crippen LogP contribution in [-0.2, 0) is 0 Å². The lowest BCUT2D eigenvalue weighted by atomic mass is 10.1. The molecule has 0 spiro atoms. The van der Waals surface area contributed by atoms with Crippen molar-refractivity contribution < 1.29 is 9.18 Å². The van der Waals surface area contributed by atoms with Gasteiger partial charge in [0.2, 0.25) is 0 Å². The van der Waals surface area contributed by atoms with Crippen molar-refractivity contribution >= 4 is 5.91 Å². The first kappa shape index (κ1) is 18.6. The number of carbonyl (C=O) groups excluding carboxylic acids is 1. The van der Waals surface area contributed by atoms with Crippen LogP contribution in [0, 0.1) is 5.82 Å². The second-order valence-electron chi connectivity index (χ2n) is 6.63. The van der Waals surface area contributed by atoms with Crippen molar-refractivity contribution in [1.29, 1.82) is 0 Å². The number of carbonyl (C=O) groups is 1. The number of nitrogens with one attached hydrogen (secondary N) is 1. The molecule has 144 valence electrons. The molecule has 4 aromatic rings. The number of pyridine rings is 1. The van der Waals surface area contributed by atoms with Crippen LogP contribution in [0.3, 0.4) is 0 Å². The van der Waals surface area contributed by atoms with Crippen molar-refractivity contribution in [3.8, 4) is 16.9 Å². The van der Waals surface area contributed by atoms with E-state index in [0.29, 0.717) is 16.8 Å². The third-order valence-corrected chi connectivity index (χ3v) is 4.63. The number of hydrogen-bond acceptors (Lipinski definition) is 3. The maximum Gasteiger partial charge on any atom is 0.255 e. The molecule has 1 N–H and O–H groups in total. The summed E-state index contributed by atoms with van der Waals surface area (Å²) in [6, 6.07) is 19.1. The van der Waals surface area contributed by atoms with E-state index < -0.39 is 6.04 Å². The van der Waals surface area contributed by atoms with E-state index in [0.717, 1.165) is 11.3 Å². The fraction of sp³-hybridized carbons (Fsp3) is 0.0870. The van der Waals surface area contributed by atoms with Crippen molar-refractivity contribution in [2.24, 2.45) is 0 Å². The zero-order valence-corrected chi connectivity index (χ0v) is 15.8. The van der Waals surface area contributed by atoms with Crippen molar-refractivity contribution in [3.05, 3.63) is 102 Å². The Balaban J connectivity index is 1.71. The van der Waals surface area contributed by atoms with E-state index in [1.54, 1.807) is 54.5 Å². The Morgan fingerprint density at radius 1 is 1.03 bits per heavy atom. The summed E-state index contributed by atoms with van der Waals surface area (Å²) in [7, 11) is 0. The van der Waals surface area contributed by atoms with Gasteiger partial charge in [0.05, 0.1) is 17.3 Å². The van der Waals surface area contributed by atoms with E-state index in [1.807, 2.05) is 36.4 Å². The van der Waals surface area contributed by atoms with Crippen LogP contribution in [0.2, 0.25) is 0 Å². The number of halogens is 1. The lowest BCUT2D eigenvalue weighted by molar-refractivity contribution is 0.0940. The van der Waals surface area contributed by atoms with Crippen LogP contribution in [0.15, 0.2) is 85.3 Å². The molecule has 0 radical (unpaired) electrons. The molecule has 0 bridgehead atoms. The summed E-state index contributed by atoms with van der Waals surface area (Å²) in [5.74, 6) is -0.686. The predicted octanol–water partition coefficient (Wildman–Crippen LogP) is 4.56. The Labute approximate surface area is 167 Å². The van der Waals surface area contributed by atoms with Crippen molar-refractivity contribution in [3.63, 3.8) is 0 Å². The molecule has 2 aromatic carbocycles. The van der Waals surface area contributed by atoms with E-state index in [-0.39, 0.29) is 11.7 Å². The van der Waals surface area contributed by atoms with Gasteiger partial charge in [-0.05, 0) is 37.3 Å². The molecular weight excluding hydrogens is 367 g/mol. The smallest absolute Gasteiger partial charge is 0.255 e. The monoisotopic (exact) mass is 386 g/mol. The van der Waals surface area contributed by atoms with Crippen molar-refractivity contribution in [1.82, 2.24) is 20.1 Å². The van der Waals surface area contributed by atoms with Crippen LogP contribution in [0.5, 0.6) is 0 Å². The third-order valence-electron chi connectivity index (χ3n) is 4.63. The number of benzene rings is 2. The number of hydrogen-bond donors (Lipinski definition) is 1. The molecule has 1 unspecified atom stereocenters. The Hall–Kier alpha value is -3.80. The minimum absolute atomic E-state index is 0.332. The molecule has 6 heteroatoms. The van der Waals surface area contributed by atoms with E-state index in [1.165, 1.54) is 6.07 Å². The SMILES string of the molecule is CC(NC(=O)c1cn(-c2ccccc2)nc1-c1cccnc1)c1ccccc1F. The van der Waals surface area contributed by atoms with E-state index in [4.69, 9.17) is 0 Å². The summed E-state index contributed by atoms with van der Waals surface area (Å²) >= 11 is 0. The Morgan fingerprint density at radius 2 is 1.79 bits per heavy atom. The summed E-state index contributed by atoms with van der Waals surface area (Å²) < 4.78 is 15.7. The normalized spacial score (nSPS) is 11.8. The molecule has 1 atom stereocenters. The number of aromatic nitrogens is 3. The molecule has 0 saturated heterocycles. The molecule has 0 aliphatic carbocycles. The molecule has 0 fully saturated rings. The molecule has 1 amide bonds. The standard InChI is InChI=1S/C23H19FN4O/c1-16(19-11-5-6-12-21(19)24)26-23(29)20-15-28(18-9-3-2-4-10-18)27-22(20)17-8-7-13-25-14-17/h2-16H,1H3,(H,26,29). The molecule has 5 nitrogen and oxygen atoms in total. The largest absolute Gasteiger partial charge is 0.345 e. The summed E-state index contributed by atoms with van der Waals surface area (Å²) in [5, 5.41) is 7.49. The lowest BCUT2D eigenvalue weighted by Crippen LogP contribution is -2.27. The van der Waals surface area contributed by atoms with Gasteiger partial charge in [-0.3, -0.25) is 9.78 Å². The second kappa shape index (κ2) is 8.06. The summed E-state index contributed by atoms with van der Waals surface area (Å²) in [6.45, 7) is 1.75. The summed E-state index contributed by atoms with van der Waals surface area (Å²) in [4.78, 5) is 17.2. The first-order chi connectivity index (χ1) is 14.1. The van der Waals surface area contributed by atoms with Gasteiger partial charge in [-0.15, -0.1) is 0 Å². The van der Waals surface area contributed by atoms with E-state index >= 15 is 0 Å². The van der Waals surface area contributed by atoms with Crippen molar-refractivity contribution in [2.45, 2.75) is 13.0 Å². The molecule has 0 saturated carbocycles. The Bertz CT molecular complexity index is 1130. The van der Waals surface area contributed by atoms with Crippen LogP contribution in [0.1, 0.15) is 28.9 Å². The maximum absolute atomic E-state index is 14.1. The highest BCUT2D eigenvalue weighted by Crippen LogP contribution is 2.24. The van der Waals surface area contributed by atoms with E-state index in [9.17, 15) is 9.18 Å². The van der Waals surface area contributed by atoms with E-state index in [2.05, 4.69) is 15.4 Å². The molecule has 2 aromatic heterocycles. The number of para-hydroxylation sites is 1. The highest BCUT2D eigenvalue weighted by atomic mass is 19.1. The summed E-state index contributed by atoms with van der Waals surface area (Å²) in [6.07, 6.45) is 5.01. The number of amides is 1. The van der Waals surface area contributed by atoms with Crippen LogP contribution in [0.4, 0.5) is 4.39 Å². The van der Waals surface area contributed by atoms with Crippen LogP contribution in [-0.4, -0.2) is 20.7 Å². The molecule has 29 heavy (non-hydrogen) atoms. The van der Waals surface area contributed by atoms with Crippen LogP contribution >= 0.6 is 0 Å². The fourth-order valence-corrected chi connectivity index (χ4v) is 3.15. The Morgan fingerprint density at radius 3 is 2.52 bits per heavy atom. The average Bonchev–Trinajstić information content (AvgIpc) is 3.21. The van der Waals surface area contributed by atoms with Crippen LogP contribution < -0.4 is 5.32 Å². The van der Waals surface area contributed by atoms with Crippen molar-refractivity contribution in [2.75, 3.05) is 0 Å². The van der Waals surface area contributed by atoms with Gasteiger partial charge >= 0.3 is 0 Å². The Kier molecular flexibility index (Phi) is 5.16. The quantitative estimate of drug-likeness (QED) is 0.547. The number of rotatable bonds is 5. The molecule has 0 aliphatic rings. The molecule has 4 rings (SSSR count). The van der Waals surface area contributed by atoms with Crippen LogP contribution in [0.25, 0.3) is 16.9 Å². The van der Waals surface area contributed by atoms with Gasteiger partial charge in [-0.1, -0.05) is 36.4 Å². The van der Waals surface area contributed by atoms with Gasteiger partial charge < -0.3 is 5.32 Å². The maximum atomic E-state index is 14.1. The topological polar surface area (TPSA) is 59.8 Å². The zero-order valence-electron chi connectivity index (χ0n) is 15.8. The second-order valence-corrected chi connectivity index (χ2v) is 6.63. The van der Waals surface area contributed by atoms with Gasteiger partial charge in [0, 0.05) is 29.7 Å². The highest BCUT2D eigenvalue weighted by Gasteiger charge is 2.21. The van der Waals surface area contributed by atoms with Gasteiger partial charge in [-0.25, -0.2) is 9.07 Å². The predicted molar refractivity (Wildman–Crippen MR) is 109 cm³/mol. The first-order valence-corrected chi connectivity index (χ1v) is 9.24. The average molecular weight is 386 g/mol. The van der Waals surface area contributed by atoms with Gasteiger partial charge in [0.15, 0.2) is 0 Å². The molecule has 2 heterocycles. The number of nitrogens with zero attached hydrogens (tertiary/aromatic N) is 3. The van der Waals surface area contributed by atoms with Gasteiger partial charge in [0.1, 0.15) is 11.5 Å². The molecule has 0 aliphatic heterocycles. The van der Waals surface area contributed by atoms with Gasteiger partial charge in [-0.2, -0.15) is 5.10 Å². The zero-order chi connectivity index (χ0) is 20.2. The minimum atomic E-state index is -0.495. The highest BCUT2D eigenvalue weighted by molar-refractivity contribution is 6.00. The first-order valence-electron chi connectivity index (χ1n) is 9.24. The van der Waals surface area contributed by atoms with Gasteiger partial charge in [0.25, 0.3) is 5.91 Å².